The molecule has 35 heavy (non-hydrogen) atoms. The second-order valence-electron chi connectivity index (χ2n) is 7.24. The first-order valence-corrected chi connectivity index (χ1v) is 12.0. The predicted molar refractivity (Wildman–Crippen MR) is 132 cm³/mol. The van der Waals surface area contributed by atoms with E-state index >= 15 is 0 Å². The van der Waals surface area contributed by atoms with E-state index in [1.54, 1.807) is 6.92 Å². The van der Waals surface area contributed by atoms with Crippen LogP contribution in [0, 0.1) is 6.92 Å². The molecule has 0 spiro atoms. The molecule has 182 valence electrons. The van der Waals surface area contributed by atoms with Gasteiger partial charge in [0.25, 0.3) is 0 Å². The molecule has 10 nitrogen and oxygen atoms in total. The van der Waals surface area contributed by atoms with E-state index in [1.807, 2.05) is 49.6 Å². The molecule has 0 unspecified atom stereocenters. The Balaban J connectivity index is 1.82. The fraction of sp³-hybridized carbons (Fsp3) is 0.292. The zero-order valence-electron chi connectivity index (χ0n) is 19.7. The molecule has 1 aliphatic rings. The molecule has 0 radical (unpaired) electrons. The highest BCUT2D eigenvalue weighted by molar-refractivity contribution is 8.15. The minimum atomic E-state index is -0.723. The predicted octanol–water partition coefficient (Wildman–Crippen LogP) is 4.96. The highest BCUT2D eigenvalue weighted by atomic mass is 32.2. The average molecular weight is 497 g/mol. The highest BCUT2D eigenvalue weighted by Gasteiger charge is 2.22. The van der Waals surface area contributed by atoms with E-state index in [0.717, 1.165) is 11.1 Å². The van der Waals surface area contributed by atoms with E-state index in [4.69, 9.17) is 28.5 Å². The number of ether oxygens (including phenoxy) is 4. The van der Waals surface area contributed by atoms with Crippen molar-refractivity contribution in [2.75, 3.05) is 26.8 Å². The molecule has 2 heterocycles. The van der Waals surface area contributed by atoms with Gasteiger partial charge >= 0.3 is 6.09 Å². The average Bonchev–Trinajstić information content (AvgIpc) is 3.32. The Bertz CT molecular complexity index is 1270. The summed E-state index contributed by atoms with van der Waals surface area (Å²) >= 11 is 1.28. The topological polar surface area (TPSA) is 118 Å². The summed E-state index contributed by atoms with van der Waals surface area (Å²) in [5, 5.41) is 4.33. The summed E-state index contributed by atoms with van der Waals surface area (Å²) in [6.07, 6.45) is 1.09. The Hall–Kier alpha value is -3.70. The number of aryl methyl sites for hydroxylation is 1. The van der Waals surface area contributed by atoms with Crippen LogP contribution in [0.25, 0.3) is 11.4 Å². The largest absolute Gasteiger partial charge is 0.490 e. The molecule has 1 amide bonds. The summed E-state index contributed by atoms with van der Waals surface area (Å²) in [6, 6.07) is 11.1. The number of carbonyl (C=O) groups excluding carboxylic acids is 1. The van der Waals surface area contributed by atoms with Crippen LogP contribution in [0.3, 0.4) is 0 Å². The Morgan fingerprint density at radius 2 is 2.03 bits per heavy atom. The van der Waals surface area contributed by atoms with Crippen molar-refractivity contribution in [1.29, 1.82) is 0 Å². The Morgan fingerprint density at radius 3 is 2.69 bits per heavy atom. The van der Waals surface area contributed by atoms with E-state index in [-0.39, 0.29) is 6.79 Å². The van der Waals surface area contributed by atoms with Gasteiger partial charge in [0.1, 0.15) is 10.8 Å². The number of aromatic nitrogens is 2. The van der Waals surface area contributed by atoms with E-state index < -0.39 is 6.09 Å². The van der Waals surface area contributed by atoms with Crippen LogP contribution < -0.4 is 9.47 Å². The summed E-state index contributed by atoms with van der Waals surface area (Å²) in [5.74, 6) is 2.18. The molecule has 0 N–H and O–H groups in total. The van der Waals surface area contributed by atoms with Crippen LogP contribution >= 0.6 is 11.8 Å². The fourth-order valence-corrected chi connectivity index (χ4v) is 3.90. The standard InChI is InChI=1S/C24H24N4O6S/c1-5-32-19-11-16(10-17-12-31-13-33-21(17)19)20(23(35-4)27-24(29)30-3)26-18-8-6-15(7-9-18)22-25-14(2)34-28-22/h6-11H,5,12-13H2,1-4H3/b26-20?,27-23-. The third-order valence-corrected chi connectivity index (χ3v) is 5.58. The van der Waals surface area contributed by atoms with Gasteiger partial charge in [0.2, 0.25) is 11.7 Å². The minimum Gasteiger partial charge on any atom is -0.490 e. The van der Waals surface area contributed by atoms with E-state index in [2.05, 4.69) is 15.1 Å². The molecule has 1 aliphatic heterocycles. The smallest absolute Gasteiger partial charge is 0.434 e. The van der Waals surface area contributed by atoms with Crippen LogP contribution in [0.1, 0.15) is 23.9 Å². The first-order valence-electron chi connectivity index (χ1n) is 10.7. The number of amides is 1. The molecule has 0 saturated heterocycles. The number of benzene rings is 2. The van der Waals surface area contributed by atoms with Gasteiger partial charge in [-0.05, 0) is 49.6 Å². The molecule has 2 aromatic carbocycles. The minimum absolute atomic E-state index is 0.152. The van der Waals surface area contributed by atoms with Crippen LogP contribution in [0.15, 0.2) is 50.9 Å². The summed E-state index contributed by atoms with van der Waals surface area (Å²) < 4.78 is 26.8. The third-order valence-electron chi connectivity index (χ3n) is 4.91. The lowest BCUT2D eigenvalue weighted by Crippen LogP contribution is -2.18. The maximum absolute atomic E-state index is 12.0. The van der Waals surface area contributed by atoms with E-state index in [1.165, 1.54) is 18.9 Å². The third kappa shape index (κ3) is 5.69. The molecule has 1 aromatic heterocycles. The lowest BCUT2D eigenvalue weighted by atomic mass is 10.0. The molecular formula is C24H24N4O6S. The summed E-state index contributed by atoms with van der Waals surface area (Å²) in [7, 11) is 1.28. The summed E-state index contributed by atoms with van der Waals surface area (Å²) in [6.45, 7) is 4.59. The van der Waals surface area contributed by atoms with Crippen LogP contribution in [0.4, 0.5) is 10.5 Å². The van der Waals surface area contributed by atoms with Gasteiger partial charge in [-0.25, -0.2) is 9.79 Å². The van der Waals surface area contributed by atoms with Crippen molar-refractivity contribution in [3.05, 3.63) is 53.4 Å². The van der Waals surface area contributed by atoms with Crippen LogP contribution in [-0.4, -0.2) is 53.8 Å². The molecule has 0 bridgehead atoms. The zero-order valence-corrected chi connectivity index (χ0v) is 20.5. The molecular weight excluding hydrogens is 472 g/mol. The van der Waals surface area contributed by atoms with Gasteiger partial charge in [0.05, 0.1) is 26.0 Å². The number of thioether (sulfide) groups is 1. The number of carbonyl (C=O) groups is 1. The first kappa shape index (κ1) is 24.4. The normalized spacial score (nSPS) is 13.7. The van der Waals surface area contributed by atoms with E-state index in [0.29, 0.717) is 58.4 Å². The number of rotatable bonds is 6. The zero-order chi connectivity index (χ0) is 24.8. The molecule has 0 fully saturated rings. The van der Waals surface area contributed by atoms with Gasteiger partial charge in [-0.3, -0.25) is 0 Å². The lowest BCUT2D eigenvalue weighted by molar-refractivity contribution is -0.0183. The van der Waals surface area contributed by atoms with Gasteiger partial charge < -0.3 is 23.5 Å². The van der Waals surface area contributed by atoms with Crippen molar-refractivity contribution in [3.8, 4) is 22.9 Å². The van der Waals surface area contributed by atoms with Gasteiger partial charge in [0, 0.05) is 23.6 Å². The van der Waals surface area contributed by atoms with Crippen molar-refractivity contribution in [1.82, 2.24) is 10.1 Å². The van der Waals surface area contributed by atoms with Crippen molar-refractivity contribution >= 4 is 34.3 Å². The van der Waals surface area contributed by atoms with Crippen molar-refractivity contribution < 1.29 is 28.3 Å². The second kappa shape index (κ2) is 11.2. The van der Waals surface area contributed by atoms with Gasteiger partial charge in [-0.15, -0.1) is 11.8 Å². The lowest BCUT2D eigenvalue weighted by Gasteiger charge is -2.22. The number of fused-ring (bicyclic) bond motifs is 1. The molecule has 0 aliphatic carbocycles. The SMILES string of the molecule is CCOc1cc(C(=Nc2ccc(-c3noc(C)n3)cc2)/C(=N/C(=O)OC)SC)cc2c1OCOC2. The van der Waals surface area contributed by atoms with Gasteiger partial charge in [-0.2, -0.15) is 9.98 Å². The number of aliphatic imine (C=N–C) groups is 2. The second-order valence-corrected chi connectivity index (χ2v) is 8.04. The van der Waals surface area contributed by atoms with Crippen LogP contribution in [0.2, 0.25) is 0 Å². The van der Waals surface area contributed by atoms with Crippen molar-refractivity contribution in [2.45, 2.75) is 20.5 Å². The number of nitrogens with zero attached hydrogens (tertiary/aromatic N) is 4. The molecule has 0 saturated carbocycles. The maximum atomic E-state index is 12.0. The Kier molecular flexibility index (Phi) is 7.78. The number of hydrogen-bond acceptors (Lipinski definition) is 10. The van der Waals surface area contributed by atoms with Crippen LogP contribution in [0.5, 0.6) is 11.5 Å². The summed E-state index contributed by atoms with van der Waals surface area (Å²) in [4.78, 5) is 25.2. The molecule has 4 rings (SSSR count). The highest BCUT2D eigenvalue weighted by Crippen LogP contribution is 2.37. The Morgan fingerprint density at radius 1 is 1.23 bits per heavy atom. The van der Waals surface area contributed by atoms with E-state index in [9.17, 15) is 4.79 Å². The van der Waals surface area contributed by atoms with Crippen molar-refractivity contribution in [3.63, 3.8) is 0 Å². The van der Waals surface area contributed by atoms with Crippen LogP contribution in [-0.2, 0) is 16.1 Å². The first-order chi connectivity index (χ1) is 17.0. The molecule has 3 aromatic rings. The molecule has 0 atom stereocenters. The summed E-state index contributed by atoms with van der Waals surface area (Å²) in [5.41, 5.74) is 3.40. The number of hydrogen-bond donors (Lipinski definition) is 0. The number of methoxy groups -OCH3 is 1. The molecule has 11 heteroatoms. The monoisotopic (exact) mass is 496 g/mol. The van der Waals surface area contributed by atoms with Gasteiger partial charge in [-0.1, -0.05) is 5.16 Å². The quantitative estimate of drug-likeness (QED) is 0.345. The van der Waals surface area contributed by atoms with Crippen molar-refractivity contribution in [2.24, 2.45) is 9.98 Å². The maximum Gasteiger partial charge on any atom is 0.434 e. The van der Waals surface area contributed by atoms with Gasteiger partial charge in [0.15, 0.2) is 18.3 Å². The fourth-order valence-electron chi connectivity index (χ4n) is 3.37. The Labute approximate surface area is 206 Å².